The Bertz CT molecular complexity index is 1200. The van der Waals surface area contributed by atoms with Crippen LogP contribution in [0.15, 0.2) is 42.2 Å². The van der Waals surface area contributed by atoms with Gasteiger partial charge in [-0.3, -0.25) is 10.1 Å². The molecule has 3 amide bonds. The number of aromatic nitrogens is 4. The van der Waals surface area contributed by atoms with Crippen molar-refractivity contribution >= 4 is 35.6 Å². The molecule has 1 unspecified atom stereocenters. The lowest BCUT2D eigenvalue weighted by Crippen LogP contribution is -2.22. The molecule has 32 heavy (non-hydrogen) atoms. The second-order valence-electron chi connectivity index (χ2n) is 7.71. The van der Waals surface area contributed by atoms with Gasteiger partial charge in [-0.15, -0.1) is 0 Å². The number of rotatable bonds is 8. The Labute approximate surface area is 182 Å². The first-order valence-electron chi connectivity index (χ1n) is 10.4. The Morgan fingerprint density at radius 3 is 2.69 bits per heavy atom. The van der Waals surface area contributed by atoms with Crippen LogP contribution in [0.3, 0.4) is 0 Å². The first-order valence-corrected chi connectivity index (χ1v) is 10.4. The summed E-state index contributed by atoms with van der Waals surface area (Å²) in [5.74, 6) is 0.383. The van der Waals surface area contributed by atoms with Crippen LogP contribution in [0.4, 0.5) is 16.7 Å². The lowest BCUT2D eigenvalue weighted by molar-refractivity contribution is -0.115. The summed E-state index contributed by atoms with van der Waals surface area (Å²) in [6.45, 7) is 0.000820. The maximum absolute atomic E-state index is 11.9. The van der Waals surface area contributed by atoms with Crippen molar-refractivity contribution < 1.29 is 14.7 Å². The molecule has 3 aromatic rings. The molecule has 1 aliphatic heterocycles. The van der Waals surface area contributed by atoms with Crippen molar-refractivity contribution in [3.63, 3.8) is 0 Å². The molecule has 0 spiro atoms. The molecule has 11 nitrogen and oxygen atoms in total. The maximum Gasteiger partial charge on any atom is 0.326 e. The topological polar surface area (TPSA) is 146 Å². The molecule has 2 fully saturated rings. The van der Waals surface area contributed by atoms with Gasteiger partial charge in [0.05, 0.1) is 12.2 Å². The monoisotopic (exact) mass is 434 g/mol. The van der Waals surface area contributed by atoms with Crippen LogP contribution in [0, 0.1) is 0 Å². The number of imide groups is 1. The van der Waals surface area contributed by atoms with Gasteiger partial charge in [-0.1, -0.05) is 30.3 Å². The number of nitrogens with zero attached hydrogens (tertiary/aromatic N) is 4. The molecule has 1 aromatic carbocycles. The highest BCUT2D eigenvalue weighted by Gasteiger charge is 2.26. The van der Waals surface area contributed by atoms with Crippen LogP contribution >= 0.6 is 0 Å². The molecule has 5 rings (SSSR count). The number of hydrogen-bond acceptors (Lipinski definition) is 8. The summed E-state index contributed by atoms with van der Waals surface area (Å²) in [5, 5.41) is 25.3. The molecule has 11 heteroatoms. The summed E-state index contributed by atoms with van der Waals surface area (Å²) in [5.41, 5.74) is 2.16. The van der Waals surface area contributed by atoms with Gasteiger partial charge < -0.3 is 21.1 Å². The zero-order chi connectivity index (χ0) is 22.1. The van der Waals surface area contributed by atoms with Gasteiger partial charge in [0, 0.05) is 18.2 Å². The van der Waals surface area contributed by atoms with E-state index in [1.807, 2.05) is 30.3 Å². The van der Waals surface area contributed by atoms with Crippen molar-refractivity contribution in [1.82, 2.24) is 30.2 Å². The molecule has 1 aliphatic carbocycles. The largest absolute Gasteiger partial charge is 0.396 e. The van der Waals surface area contributed by atoms with Gasteiger partial charge in [-0.2, -0.15) is 19.6 Å². The Morgan fingerprint density at radius 2 is 2.00 bits per heavy atom. The molecule has 5 N–H and O–H groups in total. The first-order chi connectivity index (χ1) is 15.6. The molecule has 3 heterocycles. The third kappa shape index (κ3) is 4.10. The highest BCUT2D eigenvalue weighted by molar-refractivity contribution is 6.14. The van der Waals surface area contributed by atoms with Crippen LogP contribution < -0.4 is 21.3 Å². The lowest BCUT2D eigenvalue weighted by Gasteiger charge is -2.19. The molecule has 0 radical (unpaired) electrons. The van der Waals surface area contributed by atoms with Gasteiger partial charge in [0.25, 0.3) is 5.91 Å². The number of benzene rings is 1. The zero-order valence-corrected chi connectivity index (χ0v) is 17.1. The van der Waals surface area contributed by atoms with Crippen molar-refractivity contribution in [2.75, 3.05) is 17.2 Å². The van der Waals surface area contributed by atoms with E-state index in [1.165, 1.54) is 6.08 Å². The van der Waals surface area contributed by atoms with E-state index in [4.69, 9.17) is 0 Å². The van der Waals surface area contributed by atoms with E-state index in [0.717, 1.165) is 18.4 Å². The molecule has 2 aliphatic rings. The third-order valence-corrected chi connectivity index (χ3v) is 5.25. The average molecular weight is 434 g/mol. The SMILES string of the molecule is O=C1NC(=O)/C(=C/c2cnn3c(NC4CC4)nc(NC(CCO)c4ccccc4)nc23)N1. The fraction of sp³-hybridized carbons (Fsp3) is 0.286. The van der Waals surface area contributed by atoms with Crippen LogP contribution in [0.25, 0.3) is 11.7 Å². The van der Waals surface area contributed by atoms with Crippen molar-refractivity contribution in [2.24, 2.45) is 0 Å². The minimum atomic E-state index is -0.569. The molecule has 1 saturated carbocycles. The standard InChI is InChI=1S/C21H22N8O3/c30-9-8-15(12-4-2-1-3-5-12)24-19-26-17-13(10-16-18(31)27-21(32)25-16)11-22-29(17)20(28-19)23-14-6-7-14/h1-5,10-11,14-15,30H,6-9H2,(H2,23,24,26,28)(H2,25,27,31,32)/b16-10-. The molecule has 0 bridgehead atoms. The summed E-state index contributed by atoms with van der Waals surface area (Å²) >= 11 is 0. The van der Waals surface area contributed by atoms with Gasteiger partial charge >= 0.3 is 6.03 Å². The quantitative estimate of drug-likeness (QED) is 0.264. The minimum Gasteiger partial charge on any atom is -0.396 e. The number of carbonyl (C=O) groups is 2. The van der Waals surface area contributed by atoms with E-state index in [9.17, 15) is 14.7 Å². The van der Waals surface area contributed by atoms with Crippen LogP contribution in [-0.4, -0.2) is 49.3 Å². The second-order valence-corrected chi connectivity index (χ2v) is 7.71. The number of amides is 3. The van der Waals surface area contributed by atoms with Gasteiger partial charge in [-0.05, 0) is 30.9 Å². The molecule has 1 saturated heterocycles. The summed E-state index contributed by atoms with van der Waals surface area (Å²) in [7, 11) is 0. The van der Waals surface area contributed by atoms with Crippen LogP contribution in [0.5, 0.6) is 0 Å². The summed E-state index contributed by atoms with van der Waals surface area (Å²) in [6.07, 6.45) is 5.68. The van der Waals surface area contributed by atoms with Gasteiger partial charge in [0.1, 0.15) is 5.70 Å². The van der Waals surface area contributed by atoms with Crippen molar-refractivity contribution in [3.05, 3.63) is 53.4 Å². The van der Waals surface area contributed by atoms with E-state index < -0.39 is 11.9 Å². The second kappa shape index (κ2) is 8.27. The molecule has 2 aromatic heterocycles. The zero-order valence-electron chi connectivity index (χ0n) is 17.1. The number of aliphatic hydroxyl groups excluding tert-OH is 1. The van der Waals surface area contributed by atoms with Crippen molar-refractivity contribution in [1.29, 1.82) is 0 Å². The van der Waals surface area contributed by atoms with Crippen LogP contribution in [-0.2, 0) is 4.79 Å². The fourth-order valence-electron chi connectivity index (χ4n) is 3.49. The summed E-state index contributed by atoms with van der Waals surface area (Å²) in [4.78, 5) is 32.6. The van der Waals surface area contributed by atoms with E-state index in [1.54, 1.807) is 10.7 Å². The predicted octanol–water partition coefficient (Wildman–Crippen LogP) is 1.41. The average Bonchev–Trinajstić information content (AvgIpc) is 3.42. The Balaban J connectivity index is 1.54. The van der Waals surface area contributed by atoms with Gasteiger partial charge in [0.15, 0.2) is 5.65 Å². The van der Waals surface area contributed by atoms with Crippen molar-refractivity contribution in [2.45, 2.75) is 31.3 Å². The smallest absolute Gasteiger partial charge is 0.326 e. The highest BCUT2D eigenvalue weighted by atomic mass is 16.3. The number of nitrogens with one attached hydrogen (secondary N) is 4. The van der Waals surface area contributed by atoms with E-state index in [0.29, 0.717) is 35.6 Å². The predicted molar refractivity (Wildman–Crippen MR) is 117 cm³/mol. The number of hydrogen-bond donors (Lipinski definition) is 5. The third-order valence-electron chi connectivity index (χ3n) is 5.25. The maximum atomic E-state index is 11.9. The Morgan fingerprint density at radius 1 is 1.19 bits per heavy atom. The van der Waals surface area contributed by atoms with Crippen LogP contribution in [0.2, 0.25) is 0 Å². The van der Waals surface area contributed by atoms with Crippen LogP contribution in [0.1, 0.15) is 36.4 Å². The van der Waals surface area contributed by atoms with Crippen molar-refractivity contribution in [3.8, 4) is 0 Å². The fourth-order valence-corrected chi connectivity index (χ4v) is 3.49. The Kier molecular flexibility index (Phi) is 5.15. The normalized spacial score (nSPS) is 18.0. The number of fused-ring (bicyclic) bond motifs is 1. The lowest BCUT2D eigenvalue weighted by atomic mass is 10.0. The number of anilines is 2. The highest BCUT2D eigenvalue weighted by Crippen LogP contribution is 2.27. The first kappa shape index (κ1) is 19.9. The number of carbonyl (C=O) groups excluding carboxylic acids is 2. The molecular weight excluding hydrogens is 412 g/mol. The number of urea groups is 1. The Hall–Kier alpha value is -3.99. The minimum absolute atomic E-state index is 0.000820. The summed E-state index contributed by atoms with van der Waals surface area (Å²) in [6, 6.07) is 9.33. The summed E-state index contributed by atoms with van der Waals surface area (Å²) < 4.78 is 1.58. The van der Waals surface area contributed by atoms with Gasteiger partial charge in [-0.25, -0.2) is 4.79 Å². The van der Waals surface area contributed by atoms with E-state index in [2.05, 4.69) is 36.3 Å². The molecule has 1 atom stereocenters. The molecular formula is C21H22N8O3. The molecule has 164 valence electrons. The van der Waals surface area contributed by atoms with E-state index in [-0.39, 0.29) is 18.3 Å². The number of aliphatic hydroxyl groups is 1. The van der Waals surface area contributed by atoms with Gasteiger partial charge in [0.2, 0.25) is 11.9 Å². The van der Waals surface area contributed by atoms with E-state index >= 15 is 0 Å².